The van der Waals surface area contributed by atoms with Crippen molar-refractivity contribution in [2.75, 3.05) is 33.8 Å². The predicted octanol–water partition coefficient (Wildman–Crippen LogP) is 9.82. The number of hydrogen-bond acceptors (Lipinski definition) is 6. The molecule has 9 nitrogen and oxygen atoms in total. The quantitative estimate of drug-likeness (QED) is 0.0683. The molecule has 0 saturated carbocycles. The summed E-state index contributed by atoms with van der Waals surface area (Å²) in [4.78, 5) is 30.4. The Morgan fingerprint density at radius 3 is 1.84 bits per heavy atom. The Labute approximate surface area is 299 Å². The molecule has 1 aliphatic heterocycles. The van der Waals surface area contributed by atoms with Crippen molar-refractivity contribution < 1.29 is 13.8 Å². The molecule has 2 rings (SSSR count). The van der Waals surface area contributed by atoms with Gasteiger partial charge in [-0.3, -0.25) is 23.8 Å². The van der Waals surface area contributed by atoms with Crippen LogP contribution in [0.15, 0.2) is 15.8 Å². The maximum atomic E-state index is 14.8. The highest BCUT2D eigenvalue weighted by atomic mass is 31.2. The lowest BCUT2D eigenvalue weighted by Crippen LogP contribution is -2.53. The van der Waals surface area contributed by atoms with Gasteiger partial charge in [0.25, 0.3) is 13.1 Å². The Hall–Kier alpha value is -1.25. The van der Waals surface area contributed by atoms with Gasteiger partial charge in [0.1, 0.15) is 0 Å². The van der Waals surface area contributed by atoms with Crippen LogP contribution in [0.1, 0.15) is 174 Å². The summed E-state index contributed by atoms with van der Waals surface area (Å²) in [6.07, 6.45) is 25.0. The second kappa shape index (κ2) is 24.9. The van der Waals surface area contributed by atoms with Crippen LogP contribution >= 0.6 is 7.52 Å². The Balaban J connectivity index is 2.35. The molecule has 1 aliphatic rings. The van der Waals surface area contributed by atoms with Crippen molar-refractivity contribution in [3.63, 3.8) is 0 Å². The van der Waals surface area contributed by atoms with Crippen molar-refractivity contribution >= 4 is 7.52 Å². The number of H-pyrrole nitrogens is 1. The van der Waals surface area contributed by atoms with Crippen LogP contribution in [0.5, 0.6) is 0 Å². The van der Waals surface area contributed by atoms with Crippen LogP contribution in [0, 0.1) is 6.92 Å². The third-order valence-corrected chi connectivity index (χ3v) is 13.5. The number of nitrogens with one attached hydrogen (secondary N) is 1. The van der Waals surface area contributed by atoms with Gasteiger partial charge in [0, 0.05) is 30.9 Å². The van der Waals surface area contributed by atoms with Gasteiger partial charge in [-0.05, 0) is 46.7 Å². The van der Waals surface area contributed by atoms with Crippen molar-refractivity contribution in [1.82, 2.24) is 19.1 Å². The molecule has 0 spiro atoms. The first-order chi connectivity index (χ1) is 23.6. The van der Waals surface area contributed by atoms with E-state index in [1.807, 2.05) is 18.8 Å². The van der Waals surface area contributed by atoms with E-state index < -0.39 is 19.4 Å². The number of ether oxygens (including phenoxy) is 1. The topological polar surface area (TPSA) is 96.9 Å². The van der Waals surface area contributed by atoms with Gasteiger partial charge in [-0.2, -0.15) is 0 Å². The summed E-state index contributed by atoms with van der Waals surface area (Å²) < 4.78 is 31.5. The van der Waals surface area contributed by atoms with Gasteiger partial charge in [0.15, 0.2) is 6.23 Å². The molecule has 1 aromatic rings. The molecule has 0 aromatic carbocycles. The number of nitrogens with zero attached hydrogens (tertiary/aromatic N) is 3. The average Bonchev–Trinajstić information content (AvgIpc) is 3.08. The standard InChI is InChI=1S/C39H75N4O5P/c1-8-12-16-19-23-26-34(25-22-18-14-10-3)42-30-35(48-37(31-42)43-29-33(5)38(44)40-39(43)45)32-47-49(46,41(6)7)36(27-21-15-11-4)28-24-20-17-13-9-2/h29,34-37H,8-28,30-32H2,1-7H3,(H,40,44,45)/t34?,35-,36?,37+,49?/m0/s1. The van der Waals surface area contributed by atoms with Crippen LogP contribution in [0.2, 0.25) is 0 Å². The highest BCUT2D eigenvalue weighted by molar-refractivity contribution is 7.57. The van der Waals surface area contributed by atoms with Crippen LogP contribution in [0.25, 0.3) is 0 Å². The summed E-state index contributed by atoms with van der Waals surface area (Å²) in [7, 11) is 0.638. The van der Waals surface area contributed by atoms with Gasteiger partial charge in [-0.25, -0.2) is 9.46 Å². The molecule has 0 bridgehead atoms. The Morgan fingerprint density at radius 1 is 0.796 bits per heavy atom. The van der Waals surface area contributed by atoms with Gasteiger partial charge >= 0.3 is 5.69 Å². The maximum absolute atomic E-state index is 14.8. The minimum absolute atomic E-state index is 0.00919. The SMILES string of the molecule is CCCCCCCC(CCCCCC)N1C[C@@H](COP(=O)(C(CCCCC)CCCCCCC)N(C)C)O[C@@H](n2cc(C)c(=O)[nH]c2=O)C1. The lowest BCUT2D eigenvalue weighted by atomic mass is 9.98. The van der Waals surface area contributed by atoms with E-state index >= 15 is 0 Å². The first-order valence-corrected chi connectivity index (χ1v) is 21.9. The average molecular weight is 711 g/mol. The number of morpholine rings is 1. The van der Waals surface area contributed by atoms with Crippen molar-refractivity contribution in [2.24, 2.45) is 0 Å². The largest absolute Gasteiger partial charge is 0.350 e. The summed E-state index contributed by atoms with van der Waals surface area (Å²) in [5.41, 5.74) is -0.360. The molecule has 1 saturated heterocycles. The Bertz CT molecular complexity index is 1170. The molecule has 5 atom stereocenters. The summed E-state index contributed by atoms with van der Waals surface area (Å²) >= 11 is 0. The molecule has 1 N–H and O–H groups in total. The van der Waals surface area contributed by atoms with Crippen LogP contribution in [0.4, 0.5) is 0 Å². The summed E-state index contributed by atoms with van der Waals surface area (Å²) in [5.74, 6) is 0. The zero-order valence-corrected chi connectivity index (χ0v) is 33.6. The fourth-order valence-corrected chi connectivity index (χ4v) is 9.80. The molecular weight excluding hydrogens is 635 g/mol. The van der Waals surface area contributed by atoms with E-state index in [1.165, 1.54) is 83.5 Å². The fraction of sp³-hybridized carbons (Fsp3) is 0.897. The fourth-order valence-electron chi connectivity index (χ4n) is 7.31. The molecule has 2 heterocycles. The highest BCUT2D eigenvalue weighted by Crippen LogP contribution is 2.57. The maximum Gasteiger partial charge on any atom is 0.330 e. The highest BCUT2D eigenvalue weighted by Gasteiger charge is 2.39. The number of hydrogen-bond donors (Lipinski definition) is 1. The van der Waals surface area contributed by atoms with Crippen LogP contribution in [0.3, 0.4) is 0 Å². The van der Waals surface area contributed by atoms with E-state index in [0.717, 1.165) is 51.4 Å². The Morgan fingerprint density at radius 2 is 1.29 bits per heavy atom. The molecular formula is C39H75N4O5P. The number of rotatable bonds is 28. The van der Waals surface area contributed by atoms with E-state index in [2.05, 4.69) is 37.6 Å². The zero-order chi connectivity index (χ0) is 36.1. The normalized spacial score (nSPS) is 19.7. The number of unbranched alkanes of at least 4 members (excludes halogenated alkanes) is 13. The van der Waals surface area contributed by atoms with E-state index in [9.17, 15) is 14.2 Å². The minimum atomic E-state index is -3.16. The van der Waals surface area contributed by atoms with Crippen LogP contribution in [-0.4, -0.2) is 70.7 Å². The molecule has 49 heavy (non-hydrogen) atoms. The lowest BCUT2D eigenvalue weighted by Gasteiger charge is -2.43. The molecule has 3 unspecified atom stereocenters. The molecule has 1 aromatic heterocycles. The molecule has 1 fully saturated rings. The minimum Gasteiger partial charge on any atom is -0.350 e. The summed E-state index contributed by atoms with van der Waals surface area (Å²) in [6.45, 7) is 12.1. The zero-order valence-electron chi connectivity index (χ0n) is 32.7. The summed E-state index contributed by atoms with van der Waals surface area (Å²) in [5, 5.41) is 0. The number of aromatic amines is 1. The van der Waals surface area contributed by atoms with Crippen molar-refractivity contribution in [1.29, 1.82) is 0 Å². The first-order valence-electron chi connectivity index (χ1n) is 20.2. The van der Waals surface area contributed by atoms with E-state index in [1.54, 1.807) is 17.7 Å². The monoisotopic (exact) mass is 711 g/mol. The van der Waals surface area contributed by atoms with E-state index in [0.29, 0.717) is 24.7 Å². The van der Waals surface area contributed by atoms with Gasteiger partial charge < -0.3 is 9.26 Å². The molecule has 0 amide bonds. The molecule has 10 heteroatoms. The van der Waals surface area contributed by atoms with E-state index in [-0.39, 0.29) is 23.9 Å². The van der Waals surface area contributed by atoms with Crippen LogP contribution in [-0.2, 0) is 13.8 Å². The summed E-state index contributed by atoms with van der Waals surface area (Å²) in [6, 6.07) is 0.373. The second-order valence-electron chi connectivity index (χ2n) is 14.9. The van der Waals surface area contributed by atoms with Gasteiger partial charge in [-0.1, -0.05) is 137 Å². The second-order valence-corrected chi connectivity index (χ2v) is 17.8. The van der Waals surface area contributed by atoms with Crippen molar-refractivity contribution in [3.8, 4) is 0 Å². The van der Waals surface area contributed by atoms with Gasteiger partial charge in [-0.15, -0.1) is 0 Å². The number of aryl methyl sites for hydroxylation is 1. The van der Waals surface area contributed by atoms with Crippen molar-refractivity contribution in [2.45, 2.75) is 193 Å². The Kier molecular flexibility index (Phi) is 22.3. The molecule has 286 valence electrons. The molecule has 0 radical (unpaired) electrons. The van der Waals surface area contributed by atoms with E-state index in [4.69, 9.17) is 9.26 Å². The van der Waals surface area contributed by atoms with Crippen molar-refractivity contribution in [3.05, 3.63) is 32.6 Å². The molecule has 0 aliphatic carbocycles. The predicted molar refractivity (Wildman–Crippen MR) is 206 cm³/mol. The lowest BCUT2D eigenvalue weighted by molar-refractivity contribution is -0.143. The third kappa shape index (κ3) is 15.5. The smallest absolute Gasteiger partial charge is 0.330 e. The van der Waals surface area contributed by atoms with Gasteiger partial charge in [0.2, 0.25) is 0 Å². The number of aromatic nitrogens is 2. The van der Waals surface area contributed by atoms with Gasteiger partial charge in [0.05, 0.1) is 18.4 Å². The van der Waals surface area contributed by atoms with Crippen LogP contribution < -0.4 is 11.2 Å². The third-order valence-electron chi connectivity index (χ3n) is 10.4. The first kappa shape index (κ1) is 43.9.